The maximum Gasteiger partial charge on any atom is 0.407 e. The van der Waals surface area contributed by atoms with Crippen molar-refractivity contribution < 1.29 is 24.1 Å². The van der Waals surface area contributed by atoms with E-state index in [1.165, 1.54) is 11.1 Å². The van der Waals surface area contributed by atoms with Crippen LogP contribution in [0.4, 0.5) is 4.79 Å². The smallest absolute Gasteiger partial charge is 0.407 e. The molecule has 0 heterocycles. The standard InChI is InChI=1S/C26H27NO5/c1-30-24-12-11-17(15-25(24)31-2)23(13-14-28)27-26(29)32-16-22-20-9-5-3-7-18(20)19-8-4-6-10-21(19)22/h3-12,15,22-23,28H,13-14,16H2,1-2H3,(H,27,29). The van der Waals surface area contributed by atoms with Gasteiger partial charge in [-0.15, -0.1) is 0 Å². The van der Waals surface area contributed by atoms with E-state index in [-0.39, 0.29) is 19.1 Å². The fraction of sp³-hybridized carbons (Fsp3) is 0.269. The molecule has 1 aliphatic carbocycles. The van der Waals surface area contributed by atoms with E-state index < -0.39 is 12.1 Å². The molecule has 0 radical (unpaired) electrons. The minimum Gasteiger partial charge on any atom is -0.493 e. The second-order valence-electron chi connectivity index (χ2n) is 7.65. The van der Waals surface area contributed by atoms with E-state index in [9.17, 15) is 9.90 Å². The third kappa shape index (κ3) is 4.27. The molecule has 166 valence electrons. The number of amides is 1. The number of alkyl carbamates (subject to hydrolysis) is 1. The van der Waals surface area contributed by atoms with Gasteiger partial charge in [0.05, 0.1) is 20.3 Å². The van der Waals surface area contributed by atoms with Crippen LogP contribution in [0.2, 0.25) is 0 Å². The van der Waals surface area contributed by atoms with Crippen molar-refractivity contribution in [3.05, 3.63) is 83.4 Å². The van der Waals surface area contributed by atoms with E-state index >= 15 is 0 Å². The molecule has 0 aliphatic heterocycles. The largest absolute Gasteiger partial charge is 0.493 e. The van der Waals surface area contributed by atoms with Gasteiger partial charge >= 0.3 is 6.09 Å². The van der Waals surface area contributed by atoms with Gasteiger partial charge in [-0.25, -0.2) is 4.79 Å². The van der Waals surface area contributed by atoms with Gasteiger partial charge in [0.15, 0.2) is 11.5 Å². The molecule has 1 amide bonds. The Labute approximate surface area is 187 Å². The van der Waals surface area contributed by atoms with Crippen LogP contribution in [0.3, 0.4) is 0 Å². The van der Waals surface area contributed by atoms with Crippen LogP contribution in [-0.4, -0.2) is 38.6 Å². The summed E-state index contributed by atoms with van der Waals surface area (Å²) in [5, 5.41) is 12.4. The minimum atomic E-state index is -0.528. The summed E-state index contributed by atoms with van der Waals surface area (Å²) in [7, 11) is 3.12. The average molecular weight is 434 g/mol. The first-order valence-corrected chi connectivity index (χ1v) is 10.6. The number of aliphatic hydroxyl groups is 1. The van der Waals surface area contributed by atoms with Crippen LogP contribution in [0.5, 0.6) is 11.5 Å². The maximum atomic E-state index is 12.7. The van der Waals surface area contributed by atoms with Crippen LogP contribution in [0.25, 0.3) is 11.1 Å². The molecule has 6 nitrogen and oxygen atoms in total. The molecule has 6 heteroatoms. The van der Waals surface area contributed by atoms with Crippen molar-refractivity contribution >= 4 is 6.09 Å². The number of aliphatic hydroxyl groups excluding tert-OH is 1. The molecule has 1 unspecified atom stereocenters. The lowest BCUT2D eigenvalue weighted by molar-refractivity contribution is 0.136. The average Bonchev–Trinajstić information content (AvgIpc) is 3.15. The third-order valence-corrected chi connectivity index (χ3v) is 5.86. The highest BCUT2D eigenvalue weighted by Gasteiger charge is 2.29. The van der Waals surface area contributed by atoms with Crippen molar-refractivity contribution in [3.8, 4) is 22.6 Å². The second kappa shape index (κ2) is 9.75. The number of ether oxygens (including phenoxy) is 3. The summed E-state index contributed by atoms with van der Waals surface area (Å²) < 4.78 is 16.3. The predicted molar refractivity (Wildman–Crippen MR) is 122 cm³/mol. The number of methoxy groups -OCH3 is 2. The van der Waals surface area contributed by atoms with Crippen molar-refractivity contribution in [1.29, 1.82) is 0 Å². The first kappa shape index (κ1) is 21.7. The topological polar surface area (TPSA) is 77.0 Å². The zero-order valence-electron chi connectivity index (χ0n) is 18.2. The lowest BCUT2D eigenvalue weighted by Crippen LogP contribution is -2.31. The molecule has 4 rings (SSSR count). The summed E-state index contributed by atoms with van der Waals surface area (Å²) >= 11 is 0. The van der Waals surface area contributed by atoms with E-state index in [1.54, 1.807) is 26.4 Å². The van der Waals surface area contributed by atoms with Gasteiger partial charge in [-0.2, -0.15) is 0 Å². The molecule has 3 aromatic rings. The van der Waals surface area contributed by atoms with Crippen LogP contribution >= 0.6 is 0 Å². The highest BCUT2D eigenvalue weighted by Crippen LogP contribution is 2.44. The number of rotatable bonds is 8. The quantitative estimate of drug-likeness (QED) is 0.540. The van der Waals surface area contributed by atoms with Gasteiger partial charge in [-0.3, -0.25) is 0 Å². The Balaban J connectivity index is 1.47. The molecule has 0 spiro atoms. The number of carbonyl (C=O) groups excluding carboxylic acids is 1. The van der Waals surface area contributed by atoms with Crippen molar-refractivity contribution in [1.82, 2.24) is 5.32 Å². The number of hydrogen-bond donors (Lipinski definition) is 2. The van der Waals surface area contributed by atoms with Crippen molar-refractivity contribution in [2.75, 3.05) is 27.4 Å². The molecule has 0 saturated heterocycles. The molecular formula is C26H27NO5. The zero-order chi connectivity index (χ0) is 22.5. The van der Waals surface area contributed by atoms with Crippen molar-refractivity contribution in [2.24, 2.45) is 0 Å². The van der Waals surface area contributed by atoms with Gasteiger partial charge in [0.25, 0.3) is 0 Å². The fourth-order valence-corrected chi connectivity index (χ4v) is 4.30. The molecule has 0 aromatic heterocycles. The van der Waals surface area contributed by atoms with E-state index in [4.69, 9.17) is 14.2 Å². The highest BCUT2D eigenvalue weighted by molar-refractivity contribution is 5.79. The molecule has 3 aromatic carbocycles. The molecule has 1 aliphatic rings. The SMILES string of the molecule is COc1ccc(C(CCO)NC(=O)OCC2c3ccccc3-c3ccccc32)cc1OC. The van der Waals surface area contributed by atoms with Gasteiger partial charge < -0.3 is 24.6 Å². The second-order valence-corrected chi connectivity index (χ2v) is 7.65. The third-order valence-electron chi connectivity index (χ3n) is 5.86. The van der Waals surface area contributed by atoms with Gasteiger partial charge in [0.1, 0.15) is 6.61 Å². The lowest BCUT2D eigenvalue weighted by atomic mass is 9.98. The Hall–Kier alpha value is -3.51. The minimum absolute atomic E-state index is 0.00878. The first-order chi connectivity index (χ1) is 15.7. The number of benzene rings is 3. The molecule has 0 bridgehead atoms. The zero-order valence-corrected chi connectivity index (χ0v) is 18.2. The van der Waals surface area contributed by atoms with Gasteiger partial charge in [0.2, 0.25) is 0 Å². The highest BCUT2D eigenvalue weighted by atomic mass is 16.5. The van der Waals surface area contributed by atoms with Gasteiger partial charge in [-0.1, -0.05) is 54.6 Å². The van der Waals surface area contributed by atoms with Gasteiger partial charge in [-0.05, 0) is 46.4 Å². The molecular weight excluding hydrogens is 406 g/mol. The van der Waals surface area contributed by atoms with E-state index in [1.807, 2.05) is 30.3 Å². The monoisotopic (exact) mass is 433 g/mol. The maximum absolute atomic E-state index is 12.7. The number of nitrogens with one attached hydrogen (secondary N) is 1. The summed E-state index contributed by atoms with van der Waals surface area (Å²) in [5.74, 6) is 1.15. The Morgan fingerprint density at radius 3 is 2.16 bits per heavy atom. The predicted octanol–water partition coefficient (Wildman–Crippen LogP) is 4.67. The Kier molecular flexibility index (Phi) is 6.61. The van der Waals surface area contributed by atoms with E-state index in [0.717, 1.165) is 16.7 Å². The van der Waals surface area contributed by atoms with Crippen molar-refractivity contribution in [3.63, 3.8) is 0 Å². The Morgan fingerprint density at radius 2 is 1.56 bits per heavy atom. The van der Waals surface area contributed by atoms with Crippen molar-refractivity contribution in [2.45, 2.75) is 18.4 Å². The molecule has 0 saturated carbocycles. The summed E-state index contributed by atoms with van der Waals surface area (Å²) in [6.07, 6.45) is -0.181. The van der Waals surface area contributed by atoms with Crippen LogP contribution in [0, 0.1) is 0 Å². The van der Waals surface area contributed by atoms with Gasteiger partial charge in [0, 0.05) is 12.5 Å². The first-order valence-electron chi connectivity index (χ1n) is 10.6. The van der Waals surface area contributed by atoms with Crippen LogP contribution in [0.1, 0.15) is 35.1 Å². The Morgan fingerprint density at radius 1 is 0.938 bits per heavy atom. The molecule has 0 fully saturated rings. The van der Waals surface area contributed by atoms with E-state index in [0.29, 0.717) is 17.9 Å². The normalized spacial score (nSPS) is 13.1. The van der Waals surface area contributed by atoms with Crippen LogP contribution in [0.15, 0.2) is 66.7 Å². The van der Waals surface area contributed by atoms with E-state index in [2.05, 4.69) is 29.6 Å². The molecule has 32 heavy (non-hydrogen) atoms. The summed E-state index contributed by atoms with van der Waals surface area (Å²) in [5.41, 5.74) is 5.48. The number of hydrogen-bond acceptors (Lipinski definition) is 5. The summed E-state index contributed by atoms with van der Waals surface area (Å²) in [6.45, 7) is 0.153. The summed E-state index contributed by atoms with van der Waals surface area (Å²) in [4.78, 5) is 12.7. The summed E-state index contributed by atoms with van der Waals surface area (Å²) in [6, 6.07) is 21.4. The van der Waals surface area contributed by atoms with Crippen LogP contribution in [-0.2, 0) is 4.74 Å². The van der Waals surface area contributed by atoms with Crippen LogP contribution < -0.4 is 14.8 Å². The number of fused-ring (bicyclic) bond motifs is 3. The molecule has 2 N–H and O–H groups in total. The lowest BCUT2D eigenvalue weighted by Gasteiger charge is -2.21. The fourth-order valence-electron chi connectivity index (χ4n) is 4.30. The number of carbonyl (C=O) groups is 1. The molecule has 1 atom stereocenters. The Bertz CT molecular complexity index is 1050.